The third-order valence-corrected chi connectivity index (χ3v) is 4.40. The van der Waals surface area contributed by atoms with Crippen molar-refractivity contribution in [3.8, 4) is 0 Å². The zero-order valence-electron chi connectivity index (χ0n) is 13.7. The molecule has 5 nitrogen and oxygen atoms in total. The molecule has 1 saturated heterocycles. The van der Waals surface area contributed by atoms with Gasteiger partial charge >= 0.3 is 0 Å². The summed E-state index contributed by atoms with van der Waals surface area (Å²) in [4.78, 5) is 28.9. The van der Waals surface area contributed by atoms with E-state index in [1.54, 1.807) is 36.2 Å². The maximum atomic E-state index is 12.9. The third kappa shape index (κ3) is 3.11. The summed E-state index contributed by atoms with van der Waals surface area (Å²) in [5.74, 6) is -0.220. The number of likely N-dealkylation sites (N-methyl/N-ethyl adjacent to an activating group) is 1. The molecule has 1 atom stereocenters. The lowest BCUT2D eigenvalue weighted by atomic mass is 10.0. The van der Waals surface area contributed by atoms with Crippen LogP contribution in [-0.2, 0) is 4.79 Å². The number of hydrogen-bond acceptors (Lipinski definition) is 3. The summed E-state index contributed by atoms with van der Waals surface area (Å²) in [5.41, 5.74) is 7.67. The second kappa shape index (κ2) is 6.74. The van der Waals surface area contributed by atoms with E-state index in [1.807, 2.05) is 30.3 Å². The van der Waals surface area contributed by atoms with Gasteiger partial charge in [0.25, 0.3) is 5.91 Å². The molecule has 0 spiro atoms. The summed E-state index contributed by atoms with van der Waals surface area (Å²) >= 11 is 0. The van der Waals surface area contributed by atoms with Gasteiger partial charge in [-0.3, -0.25) is 9.59 Å². The molecule has 1 aliphatic heterocycles. The van der Waals surface area contributed by atoms with Gasteiger partial charge in [-0.1, -0.05) is 24.3 Å². The number of nitrogen functional groups attached to an aromatic ring is 1. The zero-order valence-corrected chi connectivity index (χ0v) is 13.7. The molecule has 0 bridgehead atoms. The molecule has 0 saturated carbocycles. The van der Waals surface area contributed by atoms with Crippen molar-refractivity contribution in [2.45, 2.75) is 18.9 Å². The number of nitrogens with zero attached hydrogens (tertiary/aromatic N) is 2. The Labute approximate surface area is 141 Å². The molecule has 5 heteroatoms. The first-order chi connectivity index (χ1) is 11.6. The minimum Gasteiger partial charge on any atom is -0.399 e. The van der Waals surface area contributed by atoms with Gasteiger partial charge in [0.2, 0.25) is 5.91 Å². The SMILES string of the molecule is CN(C(=O)c1cccc(N)c1)C1CCCN(c2ccccc2)C1=O. The maximum Gasteiger partial charge on any atom is 0.254 e. The van der Waals surface area contributed by atoms with Crippen LogP contribution in [-0.4, -0.2) is 36.3 Å². The Hall–Kier alpha value is -2.82. The van der Waals surface area contributed by atoms with Crippen LogP contribution in [0.1, 0.15) is 23.2 Å². The van der Waals surface area contributed by atoms with E-state index < -0.39 is 6.04 Å². The van der Waals surface area contributed by atoms with Crippen LogP contribution in [0.4, 0.5) is 11.4 Å². The highest BCUT2D eigenvalue weighted by Gasteiger charge is 2.34. The zero-order chi connectivity index (χ0) is 17.1. The van der Waals surface area contributed by atoms with Gasteiger partial charge < -0.3 is 15.5 Å². The van der Waals surface area contributed by atoms with Crippen molar-refractivity contribution in [2.24, 2.45) is 0 Å². The van der Waals surface area contributed by atoms with Crippen molar-refractivity contribution in [3.63, 3.8) is 0 Å². The van der Waals surface area contributed by atoms with Gasteiger partial charge in [-0.05, 0) is 43.2 Å². The van der Waals surface area contributed by atoms with E-state index in [9.17, 15) is 9.59 Å². The molecule has 1 heterocycles. The number of rotatable bonds is 3. The lowest BCUT2D eigenvalue weighted by Gasteiger charge is -2.36. The number of piperidine rings is 1. The smallest absolute Gasteiger partial charge is 0.254 e. The van der Waals surface area contributed by atoms with Crippen molar-refractivity contribution in [1.82, 2.24) is 4.90 Å². The molecule has 3 rings (SSSR count). The van der Waals surface area contributed by atoms with Crippen molar-refractivity contribution in [2.75, 3.05) is 24.2 Å². The molecule has 24 heavy (non-hydrogen) atoms. The summed E-state index contributed by atoms with van der Waals surface area (Å²) in [7, 11) is 1.68. The fourth-order valence-electron chi connectivity index (χ4n) is 3.10. The van der Waals surface area contributed by atoms with E-state index in [-0.39, 0.29) is 11.8 Å². The molecular formula is C19H21N3O2. The van der Waals surface area contributed by atoms with Crippen LogP contribution in [0.15, 0.2) is 54.6 Å². The number of anilines is 2. The number of para-hydroxylation sites is 1. The Morgan fingerprint density at radius 1 is 1.17 bits per heavy atom. The van der Waals surface area contributed by atoms with Gasteiger partial charge in [0.1, 0.15) is 6.04 Å². The number of nitrogens with two attached hydrogens (primary N) is 1. The van der Waals surface area contributed by atoms with E-state index in [4.69, 9.17) is 5.73 Å². The molecule has 0 radical (unpaired) electrons. The number of carbonyl (C=O) groups is 2. The van der Waals surface area contributed by atoms with Gasteiger partial charge in [0, 0.05) is 30.5 Å². The fourth-order valence-corrected chi connectivity index (χ4v) is 3.10. The standard InChI is InChI=1S/C19H21N3O2/c1-21(18(23)14-7-5-8-15(20)13-14)17-11-6-12-22(19(17)24)16-9-3-2-4-10-16/h2-5,7-10,13,17H,6,11-12,20H2,1H3. The summed E-state index contributed by atoms with van der Waals surface area (Å²) in [6.07, 6.45) is 1.53. The maximum absolute atomic E-state index is 12.9. The van der Waals surface area contributed by atoms with Crippen LogP contribution in [0.5, 0.6) is 0 Å². The first-order valence-electron chi connectivity index (χ1n) is 8.07. The minimum absolute atomic E-state index is 0.0350. The van der Waals surface area contributed by atoms with Crippen LogP contribution < -0.4 is 10.6 Å². The monoisotopic (exact) mass is 323 g/mol. The average molecular weight is 323 g/mol. The first kappa shape index (κ1) is 16.1. The van der Waals surface area contributed by atoms with Crippen molar-refractivity contribution < 1.29 is 9.59 Å². The van der Waals surface area contributed by atoms with Gasteiger partial charge in [-0.15, -0.1) is 0 Å². The van der Waals surface area contributed by atoms with Crippen molar-refractivity contribution in [3.05, 3.63) is 60.2 Å². The van der Waals surface area contributed by atoms with Gasteiger partial charge in [-0.2, -0.15) is 0 Å². The minimum atomic E-state index is -0.451. The lowest BCUT2D eigenvalue weighted by molar-refractivity contribution is -0.124. The van der Waals surface area contributed by atoms with Gasteiger partial charge in [-0.25, -0.2) is 0 Å². The van der Waals surface area contributed by atoms with E-state index in [0.29, 0.717) is 24.2 Å². The van der Waals surface area contributed by atoms with E-state index in [0.717, 1.165) is 12.1 Å². The molecule has 0 aromatic heterocycles. The number of hydrogen-bond donors (Lipinski definition) is 1. The Balaban J connectivity index is 1.80. The van der Waals surface area contributed by atoms with Crippen LogP contribution in [0.25, 0.3) is 0 Å². The highest BCUT2D eigenvalue weighted by atomic mass is 16.2. The highest BCUT2D eigenvalue weighted by Crippen LogP contribution is 2.24. The van der Waals surface area contributed by atoms with Crippen LogP contribution in [0.2, 0.25) is 0 Å². The molecule has 1 fully saturated rings. The number of benzene rings is 2. The van der Waals surface area contributed by atoms with Crippen LogP contribution >= 0.6 is 0 Å². The van der Waals surface area contributed by atoms with Crippen molar-refractivity contribution in [1.29, 1.82) is 0 Å². The average Bonchev–Trinajstić information content (AvgIpc) is 2.61. The normalized spacial score (nSPS) is 17.6. The number of carbonyl (C=O) groups excluding carboxylic acids is 2. The van der Waals surface area contributed by atoms with E-state index in [1.165, 1.54) is 4.90 Å². The molecule has 2 amide bonds. The Kier molecular flexibility index (Phi) is 4.51. The van der Waals surface area contributed by atoms with Crippen molar-refractivity contribution >= 4 is 23.2 Å². The molecular weight excluding hydrogens is 302 g/mol. The predicted molar refractivity (Wildman–Crippen MR) is 94.8 cm³/mol. The molecule has 0 aliphatic carbocycles. The Bertz CT molecular complexity index is 745. The lowest BCUT2D eigenvalue weighted by Crippen LogP contribution is -2.53. The van der Waals surface area contributed by atoms with E-state index in [2.05, 4.69) is 0 Å². The molecule has 2 aromatic carbocycles. The molecule has 2 N–H and O–H groups in total. The summed E-state index contributed by atoms with van der Waals surface area (Å²) in [5, 5.41) is 0. The second-order valence-electron chi connectivity index (χ2n) is 6.02. The van der Waals surface area contributed by atoms with E-state index >= 15 is 0 Å². The predicted octanol–water partition coefficient (Wildman–Crippen LogP) is 2.54. The quantitative estimate of drug-likeness (QED) is 0.883. The summed E-state index contributed by atoms with van der Waals surface area (Å²) in [6.45, 7) is 0.680. The molecule has 124 valence electrons. The molecule has 1 unspecified atom stereocenters. The summed E-state index contributed by atoms with van der Waals surface area (Å²) < 4.78 is 0. The second-order valence-corrected chi connectivity index (χ2v) is 6.02. The summed E-state index contributed by atoms with van der Waals surface area (Å²) in [6, 6.07) is 16.0. The largest absolute Gasteiger partial charge is 0.399 e. The Morgan fingerprint density at radius 2 is 1.92 bits per heavy atom. The fraction of sp³-hybridized carbons (Fsp3) is 0.263. The van der Waals surface area contributed by atoms with Crippen LogP contribution in [0, 0.1) is 0 Å². The first-order valence-corrected chi connectivity index (χ1v) is 8.07. The van der Waals surface area contributed by atoms with Crippen LogP contribution in [0.3, 0.4) is 0 Å². The molecule has 1 aliphatic rings. The van der Waals surface area contributed by atoms with Gasteiger partial charge in [0.05, 0.1) is 0 Å². The number of amides is 2. The molecule has 2 aromatic rings. The highest BCUT2D eigenvalue weighted by molar-refractivity contribution is 6.03. The Morgan fingerprint density at radius 3 is 2.62 bits per heavy atom. The topological polar surface area (TPSA) is 66.6 Å². The third-order valence-electron chi connectivity index (χ3n) is 4.40. The van der Waals surface area contributed by atoms with Gasteiger partial charge in [0.15, 0.2) is 0 Å².